The van der Waals surface area contributed by atoms with Crippen molar-refractivity contribution in [3.05, 3.63) is 90.0 Å². The summed E-state index contributed by atoms with van der Waals surface area (Å²) in [4.78, 5) is 28.3. The molecule has 0 aliphatic rings. The van der Waals surface area contributed by atoms with E-state index in [1.165, 1.54) is 30.6 Å². The van der Waals surface area contributed by atoms with Gasteiger partial charge in [0.1, 0.15) is 5.82 Å². The standard InChI is InChI=1S/C19H14FN3O2/c20-15-4-2-6-17(12-15)23-19(25)14-3-1-5-16(11-14)22-18(24)13-7-9-21-10-8-13/h1-12H,(H,22,24)(H,23,25). The first-order chi connectivity index (χ1) is 12.1. The van der Waals surface area contributed by atoms with Gasteiger partial charge in [-0.25, -0.2) is 4.39 Å². The average molecular weight is 335 g/mol. The van der Waals surface area contributed by atoms with Crippen LogP contribution in [0.3, 0.4) is 0 Å². The lowest BCUT2D eigenvalue weighted by Gasteiger charge is -2.08. The van der Waals surface area contributed by atoms with Crippen LogP contribution in [-0.2, 0) is 0 Å². The number of halogens is 1. The van der Waals surface area contributed by atoms with Crippen LogP contribution in [0.15, 0.2) is 73.1 Å². The minimum absolute atomic E-state index is 0.301. The van der Waals surface area contributed by atoms with Gasteiger partial charge in [0.15, 0.2) is 0 Å². The van der Waals surface area contributed by atoms with Gasteiger partial charge in [-0.05, 0) is 48.5 Å². The van der Waals surface area contributed by atoms with E-state index >= 15 is 0 Å². The number of rotatable bonds is 4. The number of amides is 2. The molecule has 5 nitrogen and oxygen atoms in total. The molecule has 1 heterocycles. The molecule has 124 valence electrons. The van der Waals surface area contributed by atoms with Crippen LogP contribution in [-0.4, -0.2) is 16.8 Å². The Morgan fingerprint density at radius 1 is 0.760 bits per heavy atom. The Bertz CT molecular complexity index is 913. The number of hydrogen-bond donors (Lipinski definition) is 2. The van der Waals surface area contributed by atoms with Crippen molar-refractivity contribution in [2.24, 2.45) is 0 Å². The van der Waals surface area contributed by atoms with Crippen LogP contribution in [0.1, 0.15) is 20.7 Å². The Balaban J connectivity index is 1.72. The maximum Gasteiger partial charge on any atom is 0.255 e. The number of hydrogen-bond acceptors (Lipinski definition) is 3. The summed E-state index contributed by atoms with van der Waals surface area (Å²) in [5.74, 6) is -1.13. The maximum absolute atomic E-state index is 13.2. The smallest absolute Gasteiger partial charge is 0.255 e. The molecule has 3 aromatic rings. The highest BCUT2D eigenvalue weighted by Gasteiger charge is 2.10. The molecule has 0 saturated carbocycles. The molecule has 0 aliphatic carbocycles. The molecule has 0 atom stereocenters. The van der Waals surface area contributed by atoms with Crippen molar-refractivity contribution in [1.29, 1.82) is 0 Å². The lowest BCUT2D eigenvalue weighted by Crippen LogP contribution is -2.14. The number of pyridine rings is 1. The fourth-order valence-electron chi connectivity index (χ4n) is 2.21. The van der Waals surface area contributed by atoms with Crippen molar-refractivity contribution >= 4 is 23.2 Å². The summed E-state index contributed by atoms with van der Waals surface area (Å²) in [5, 5.41) is 5.33. The van der Waals surface area contributed by atoms with Gasteiger partial charge in [-0.2, -0.15) is 0 Å². The first kappa shape index (κ1) is 16.3. The average Bonchev–Trinajstić information content (AvgIpc) is 2.62. The molecule has 1 aromatic heterocycles. The van der Waals surface area contributed by atoms with Crippen LogP contribution in [0.2, 0.25) is 0 Å². The second kappa shape index (κ2) is 7.35. The third-order valence-electron chi connectivity index (χ3n) is 3.41. The fraction of sp³-hybridized carbons (Fsp3) is 0. The zero-order chi connectivity index (χ0) is 17.6. The largest absolute Gasteiger partial charge is 0.322 e. The van der Waals surface area contributed by atoms with Gasteiger partial charge in [-0.3, -0.25) is 14.6 Å². The molecule has 2 N–H and O–H groups in total. The first-order valence-corrected chi connectivity index (χ1v) is 7.50. The van der Waals surface area contributed by atoms with Gasteiger partial charge in [0.25, 0.3) is 11.8 Å². The van der Waals surface area contributed by atoms with E-state index in [2.05, 4.69) is 15.6 Å². The number of nitrogens with one attached hydrogen (secondary N) is 2. The van der Waals surface area contributed by atoms with Gasteiger partial charge in [0, 0.05) is 34.9 Å². The Kier molecular flexibility index (Phi) is 4.80. The highest BCUT2D eigenvalue weighted by atomic mass is 19.1. The van der Waals surface area contributed by atoms with Gasteiger partial charge in [0.2, 0.25) is 0 Å². The molecule has 0 aliphatic heterocycles. The van der Waals surface area contributed by atoms with Crippen LogP contribution in [0.5, 0.6) is 0 Å². The molecule has 0 bridgehead atoms. The molecule has 25 heavy (non-hydrogen) atoms. The van der Waals surface area contributed by atoms with E-state index in [-0.39, 0.29) is 5.91 Å². The third kappa shape index (κ3) is 4.26. The van der Waals surface area contributed by atoms with E-state index in [0.29, 0.717) is 22.5 Å². The first-order valence-electron chi connectivity index (χ1n) is 7.50. The molecule has 0 spiro atoms. The summed E-state index contributed by atoms with van der Waals surface area (Å²) in [6, 6.07) is 15.3. The minimum atomic E-state index is -0.434. The highest BCUT2D eigenvalue weighted by molar-refractivity contribution is 6.07. The van der Waals surface area contributed by atoms with E-state index in [9.17, 15) is 14.0 Å². The van der Waals surface area contributed by atoms with E-state index in [1.54, 1.807) is 42.5 Å². The van der Waals surface area contributed by atoms with Gasteiger partial charge in [-0.15, -0.1) is 0 Å². The van der Waals surface area contributed by atoms with Gasteiger partial charge in [0.05, 0.1) is 0 Å². The molecule has 0 radical (unpaired) electrons. The summed E-state index contributed by atoms with van der Waals surface area (Å²) >= 11 is 0. The lowest BCUT2D eigenvalue weighted by atomic mass is 10.1. The van der Waals surface area contributed by atoms with Crippen LogP contribution in [0.4, 0.5) is 15.8 Å². The number of anilines is 2. The Morgan fingerprint density at radius 2 is 1.36 bits per heavy atom. The number of nitrogens with zero attached hydrogens (tertiary/aromatic N) is 1. The van der Waals surface area contributed by atoms with Crippen LogP contribution in [0.25, 0.3) is 0 Å². The molecular formula is C19H14FN3O2. The number of carbonyl (C=O) groups excluding carboxylic acids is 2. The Labute approximate surface area is 143 Å². The molecule has 6 heteroatoms. The zero-order valence-corrected chi connectivity index (χ0v) is 13.1. The predicted octanol–water partition coefficient (Wildman–Crippen LogP) is 3.73. The van der Waals surface area contributed by atoms with E-state index in [4.69, 9.17) is 0 Å². The second-order valence-electron chi connectivity index (χ2n) is 5.24. The third-order valence-corrected chi connectivity index (χ3v) is 3.41. The van der Waals surface area contributed by atoms with Crippen LogP contribution < -0.4 is 10.6 Å². The zero-order valence-electron chi connectivity index (χ0n) is 13.1. The second-order valence-corrected chi connectivity index (χ2v) is 5.24. The summed E-state index contributed by atoms with van der Waals surface area (Å²) in [5.41, 5.74) is 1.64. The van der Waals surface area contributed by atoms with Crippen LogP contribution >= 0.6 is 0 Å². The van der Waals surface area contributed by atoms with Crippen molar-refractivity contribution < 1.29 is 14.0 Å². The van der Waals surface area contributed by atoms with E-state index in [0.717, 1.165) is 0 Å². The number of carbonyl (C=O) groups is 2. The fourth-order valence-corrected chi connectivity index (χ4v) is 2.21. The molecule has 2 aromatic carbocycles. The van der Waals surface area contributed by atoms with Gasteiger partial charge >= 0.3 is 0 Å². The molecule has 0 unspecified atom stereocenters. The van der Waals surface area contributed by atoms with Crippen molar-refractivity contribution in [3.63, 3.8) is 0 Å². The van der Waals surface area contributed by atoms with Crippen molar-refractivity contribution in [2.45, 2.75) is 0 Å². The van der Waals surface area contributed by atoms with E-state index in [1.807, 2.05) is 0 Å². The Hall–Kier alpha value is -3.54. The normalized spacial score (nSPS) is 10.1. The topological polar surface area (TPSA) is 71.1 Å². The Morgan fingerprint density at radius 3 is 2.04 bits per heavy atom. The lowest BCUT2D eigenvalue weighted by molar-refractivity contribution is 0.101. The molecule has 0 saturated heterocycles. The van der Waals surface area contributed by atoms with Gasteiger partial charge in [-0.1, -0.05) is 12.1 Å². The van der Waals surface area contributed by atoms with Crippen molar-refractivity contribution in [2.75, 3.05) is 10.6 Å². The molecule has 2 amide bonds. The SMILES string of the molecule is O=C(Nc1cccc(C(=O)Nc2cccc(F)c2)c1)c1ccncc1. The summed E-state index contributed by atoms with van der Waals surface area (Å²) in [6.45, 7) is 0. The monoisotopic (exact) mass is 335 g/mol. The molecule has 0 fully saturated rings. The summed E-state index contributed by atoms with van der Waals surface area (Å²) in [7, 11) is 0. The summed E-state index contributed by atoms with van der Waals surface area (Å²) < 4.78 is 13.2. The minimum Gasteiger partial charge on any atom is -0.322 e. The number of benzene rings is 2. The molecule has 3 rings (SSSR count). The maximum atomic E-state index is 13.2. The predicted molar refractivity (Wildman–Crippen MR) is 93.0 cm³/mol. The van der Waals surface area contributed by atoms with Crippen molar-refractivity contribution in [3.8, 4) is 0 Å². The van der Waals surface area contributed by atoms with Crippen LogP contribution in [0, 0.1) is 5.82 Å². The quantitative estimate of drug-likeness (QED) is 0.763. The summed E-state index contributed by atoms with van der Waals surface area (Å²) in [6.07, 6.45) is 3.05. The number of aromatic nitrogens is 1. The van der Waals surface area contributed by atoms with E-state index < -0.39 is 11.7 Å². The van der Waals surface area contributed by atoms with Crippen molar-refractivity contribution in [1.82, 2.24) is 4.98 Å². The highest BCUT2D eigenvalue weighted by Crippen LogP contribution is 2.15. The van der Waals surface area contributed by atoms with Gasteiger partial charge < -0.3 is 10.6 Å². The molecular weight excluding hydrogens is 321 g/mol.